The number of nitrogen functional groups attached to an aromatic ring is 1. The van der Waals surface area contributed by atoms with E-state index in [1.807, 2.05) is 0 Å². The number of rotatable bonds is 3. The van der Waals surface area contributed by atoms with Gasteiger partial charge in [0.05, 0.1) is 17.3 Å². The van der Waals surface area contributed by atoms with E-state index in [0.29, 0.717) is 29.5 Å². The van der Waals surface area contributed by atoms with Gasteiger partial charge in [-0.15, -0.1) is 0 Å². The Hall–Kier alpha value is -1.72. The fourth-order valence-corrected chi connectivity index (χ4v) is 1.78. The Kier molecular flexibility index (Phi) is 3.74. The first kappa shape index (κ1) is 12.7. The summed E-state index contributed by atoms with van der Waals surface area (Å²) in [6.07, 6.45) is 0. The van der Waals surface area contributed by atoms with E-state index < -0.39 is 5.82 Å². The molecule has 0 saturated carbocycles. The van der Waals surface area contributed by atoms with Gasteiger partial charge >= 0.3 is 0 Å². The Morgan fingerprint density at radius 3 is 2.78 bits per heavy atom. The molecule has 0 radical (unpaired) electrons. The summed E-state index contributed by atoms with van der Waals surface area (Å²) in [4.78, 5) is 8.34. The third-order valence-corrected chi connectivity index (χ3v) is 2.58. The van der Waals surface area contributed by atoms with Crippen LogP contribution in [0.1, 0.15) is 5.69 Å². The number of benzene rings is 1. The van der Waals surface area contributed by atoms with E-state index in [4.69, 9.17) is 22.1 Å². The second kappa shape index (κ2) is 5.29. The summed E-state index contributed by atoms with van der Waals surface area (Å²) >= 11 is 5.95. The molecule has 2 N–H and O–H groups in total. The molecule has 0 atom stereocenters. The normalized spacial score (nSPS) is 10.6. The Morgan fingerprint density at radius 1 is 1.33 bits per heavy atom. The number of methoxy groups -OCH3 is 1. The zero-order chi connectivity index (χ0) is 13.1. The Morgan fingerprint density at radius 2 is 2.11 bits per heavy atom. The summed E-state index contributed by atoms with van der Waals surface area (Å²) in [5.74, 6) is 0.254. The number of hydrogen-bond donors (Lipinski definition) is 1. The van der Waals surface area contributed by atoms with Crippen LogP contribution in [0.25, 0.3) is 11.4 Å². The zero-order valence-electron chi connectivity index (χ0n) is 9.65. The van der Waals surface area contributed by atoms with Crippen molar-refractivity contribution in [3.63, 3.8) is 0 Å². The van der Waals surface area contributed by atoms with Gasteiger partial charge in [0.15, 0.2) is 5.82 Å². The molecule has 1 aromatic heterocycles. The van der Waals surface area contributed by atoms with Gasteiger partial charge in [-0.25, -0.2) is 14.4 Å². The molecule has 0 aliphatic carbocycles. The summed E-state index contributed by atoms with van der Waals surface area (Å²) in [6, 6.07) is 5.64. The van der Waals surface area contributed by atoms with Crippen molar-refractivity contribution in [2.45, 2.75) is 6.61 Å². The van der Waals surface area contributed by atoms with Crippen molar-refractivity contribution < 1.29 is 9.13 Å². The zero-order valence-corrected chi connectivity index (χ0v) is 10.4. The first-order valence-corrected chi connectivity index (χ1v) is 5.55. The predicted octanol–water partition coefficient (Wildman–Crippen LogP) is 2.66. The molecule has 0 aliphatic rings. The SMILES string of the molecule is COCc1cc(N)nc(-c2ccc(F)cc2Cl)n1. The maximum absolute atomic E-state index is 13.0. The predicted molar refractivity (Wildman–Crippen MR) is 67.6 cm³/mol. The van der Waals surface area contributed by atoms with Crippen LogP contribution in [0.3, 0.4) is 0 Å². The highest BCUT2D eigenvalue weighted by molar-refractivity contribution is 6.33. The van der Waals surface area contributed by atoms with Crippen molar-refractivity contribution in [2.24, 2.45) is 0 Å². The van der Waals surface area contributed by atoms with Gasteiger partial charge in [0.2, 0.25) is 0 Å². The average Bonchev–Trinajstić information content (AvgIpc) is 2.28. The lowest BCUT2D eigenvalue weighted by molar-refractivity contribution is 0.181. The number of anilines is 1. The van der Waals surface area contributed by atoms with E-state index in [1.165, 1.54) is 18.2 Å². The van der Waals surface area contributed by atoms with Crippen molar-refractivity contribution >= 4 is 17.4 Å². The first-order valence-electron chi connectivity index (χ1n) is 5.18. The van der Waals surface area contributed by atoms with Gasteiger partial charge in [-0.2, -0.15) is 0 Å². The van der Waals surface area contributed by atoms with E-state index >= 15 is 0 Å². The van der Waals surface area contributed by atoms with E-state index in [-0.39, 0.29) is 5.02 Å². The monoisotopic (exact) mass is 267 g/mol. The number of nitrogens with two attached hydrogens (primary N) is 1. The van der Waals surface area contributed by atoms with Crippen molar-refractivity contribution in [1.29, 1.82) is 0 Å². The minimum absolute atomic E-state index is 0.240. The molecule has 4 nitrogen and oxygen atoms in total. The first-order chi connectivity index (χ1) is 8.60. The largest absolute Gasteiger partial charge is 0.384 e. The van der Waals surface area contributed by atoms with Gasteiger partial charge < -0.3 is 10.5 Å². The highest BCUT2D eigenvalue weighted by Gasteiger charge is 2.10. The minimum Gasteiger partial charge on any atom is -0.384 e. The van der Waals surface area contributed by atoms with Crippen LogP contribution in [-0.2, 0) is 11.3 Å². The van der Waals surface area contributed by atoms with Crippen molar-refractivity contribution in [3.05, 3.63) is 40.8 Å². The molecule has 0 unspecified atom stereocenters. The molecular weight excluding hydrogens is 257 g/mol. The average molecular weight is 268 g/mol. The van der Waals surface area contributed by atoms with Crippen LogP contribution in [0.5, 0.6) is 0 Å². The summed E-state index contributed by atoms with van der Waals surface area (Å²) in [5, 5.41) is 0.240. The highest BCUT2D eigenvalue weighted by Crippen LogP contribution is 2.26. The number of aromatic nitrogens is 2. The van der Waals surface area contributed by atoms with Crippen molar-refractivity contribution in [3.8, 4) is 11.4 Å². The molecule has 0 saturated heterocycles. The molecular formula is C12H11ClFN3O. The smallest absolute Gasteiger partial charge is 0.163 e. The number of ether oxygens (including phenoxy) is 1. The Bertz CT molecular complexity index is 577. The van der Waals surface area contributed by atoms with Crippen molar-refractivity contribution in [2.75, 3.05) is 12.8 Å². The van der Waals surface area contributed by atoms with Crippen LogP contribution in [-0.4, -0.2) is 17.1 Å². The van der Waals surface area contributed by atoms with Crippen LogP contribution in [0.2, 0.25) is 5.02 Å². The van der Waals surface area contributed by atoms with Crippen LogP contribution in [0.4, 0.5) is 10.2 Å². The van der Waals surface area contributed by atoms with E-state index in [0.717, 1.165) is 0 Å². The summed E-state index contributed by atoms with van der Waals surface area (Å²) in [6.45, 7) is 0.318. The van der Waals surface area contributed by atoms with E-state index in [9.17, 15) is 4.39 Å². The van der Waals surface area contributed by atoms with Crippen LogP contribution in [0, 0.1) is 5.82 Å². The summed E-state index contributed by atoms with van der Waals surface area (Å²) in [5.41, 5.74) is 6.85. The maximum atomic E-state index is 13.0. The van der Waals surface area contributed by atoms with Gasteiger partial charge in [-0.3, -0.25) is 0 Å². The molecule has 0 aliphatic heterocycles. The summed E-state index contributed by atoms with van der Waals surface area (Å²) in [7, 11) is 1.56. The van der Waals surface area contributed by atoms with Crippen LogP contribution >= 0.6 is 11.6 Å². The molecule has 0 fully saturated rings. The number of nitrogens with zero attached hydrogens (tertiary/aromatic N) is 2. The molecule has 2 aromatic rings. The third-order valence-electron chi connectivity index (χ3n) is 2.26. The quantitative estimate of drug-likeness (QED) is 0.929. The molecule has 0 spiro atoms. The Labute approximate surface area is 109 Å². The lowest BCUT2D eigenvalue weighted by atomic mass is 10.2. The molecule has 18 heavy (non-hydrogen) atoms. The molecule has 0 bridgehead atoms. The van der Waals surface area contributed by atoms with Gasteiger partial charge in [-0.05, 0) is 18.2 Å². The third kappa shape index (κ3) is 2.75. The second-order valence-corrected chi connectivity index (χ2v) is 4.07. The van der Waals surface area contributed by atoms with Gasteiger partial charge in [0.1, 0.15) is 11.6 Å². The van der Waals surface area contributed by atoms with Crippen LogP contribution in [0.15, 0.2) is 24.3 Å². The highest BCUT2D eigenvalue weighted by atomic mass is 35.5. The second-order valence-electron chi connectivity index (χ2n) is 3.66. The van der Waals surface area contributed by atoms with Crippen molar-refractivity contribution in [1.82, 2.24) is 9.97 Å². The number of halogens is 2. The van der Waals surface area contributed by atoms with Gasteiger partial charge in [0.25, 0.3) is 0 Å². The lowest BCUT2D eigenvalue weighted by Gasteiger charge is -2.06. The molecule has 94 valence electrons. The fraction of sp³-hybridized carbons (Fsp3) is 0.167. The molecule has 6 heteroatoms. The summed E-state index contributed by atoms with van der Waals surface area (Å²) < 4.78 is 18.0. The molecule has 2 rings (SSSR count). The van der Waals surface area contributed by atoms with E-state index in [1.54, 1.807) is 13.2 Å². The van der Waals surface area contributed by atoms with Gasteiger partial charge in [0, 0.05) is 18.7 Å². The van der Waals surface area contributed by atoms with Gasteiger partial charge in [-0.1, -0.05) is 11.6 Å². The Balaban J connectivity index is 2.49. The van der Waals surface area contributed by atoms with Crippen LogP contribution < -0.4 is 5.73 Å². The standard InChI is InChI=1S/C12H11ClFN3O/c1-18-6-8-5-11(15)17-12(16-8)9-3-2-7(14)4-10(9)13/h2-5H,6H2,1H3,(H2,15,16,17). The minimum atomic E-state index is -0.412. The lowest BCUT2D eigenvalue weighted by Crippen LogP contribution is -2.01. The maximum Gasteiger partial charge on any atom is 0.163 e. The fourth-order valence-electron chi connectivity index (χ4n) is 1.53. The number of hydrogen-bond acceptors (Lipinski definition) is 4. The molecule has 1 aromatic carbocycles. The molecule has 0 amide bonds. The molecule has 1 heterocycles. The van der Waals surface area contributed by atoms with E-state index in [2.05, 4.69) is 9.97 Å². The topological polar surface area (TPSA) is 61.0 Å².